The summed E-state index contributed by atoms with van der Waals surface area (Å²) in [5.74, 6) is 0.714. The summed E-state index contributed by atoms with van der Waals surface area (Å²) in [6, 6.07) is 3.35. The molecule has 5 heteroatoms. The van der Waals surface area contributed by atoms with Gasteiger partial charge in [-0.25, -0.2) is 0 Å². The van der Waals surface area contributed by atoms with Crippen LogP contribution in [0.25, 0.3) is 0 Å². The smallest absolute Gasteiger partial charge is 0.140 e. The van der Waals surface area contributed by atoms with Gasteiger partial charge >= 0.3 is 0 Å². The number of aliphatic hydroxyl groups excluding tert-OH is 1. The second kappa shape index (κ2) is 6.59. The third kappa shape index (κ3) is 3.49. The van der Waals surface area contributed by atoms with E-state index in [1.165, 1.54) is 0 Å². The average molecular weight is 219 g/mol. The van der Waals surface area contributed by atoms with Gasteiger partial charge in [0.05, 0.1) is 19.4 Å². The molecule has 1 aromatic rings. The van der Waals surface area contributed by atoms with Gasteiger partial charge in [0.1, 0.15) is 5.75 Å². The average Bonchev–Trinajstić information content (AvgIpc) is 2.18. The molecule has 4 nitrogen and oxygen atoms in total. The molecule has 0 amide bonds. The minimum atomic E-state index is -0.274. The molecule has 0 unspecified atom stereocenters. The number of hydrogen-bond donors (Lipinski definition) is 2. The Labute approximate surface area is 89.5 Å². The first-order chi connectivity index (χ1) is 6.27. The van der Waals surface area contributed by atoms with Crippen LogP contribution < -0.4 is 10.5 Å². The van der Waals surface area contributed by atoms with Crippen molar-refractivity contribution in [3.63, 3.8) is 0 Å². The van der Waals surface area contributed by atoms with E-state index in [0.717, 1.165) is 5.69 Å². The first-order valence-corrected chi connectivity index (χ1v) is 4.12. The quantitative estimate of drug-likeness (QED) is 0.767. The summed E-state index contributed by atoms with van der Waals surface area (Å²) in [5.41, 5.74) is 6.37. The number of nitrogens with zero attached hydrogens (tertiary/aromatic N) is 1. The Kier molecular flexibility index (Phi) is 6.19. The summed E-state index contributed by atoms with van der Waals surface area (Å²) in [6.45, 7) is -0.0419. The third-order valence-electron chi connectivity index (χ3n) is 1.76. The number of halogens is 1. The fourth-order valence-corrected chi connectivity index (χ4v) is 1.08. The molecule has 1 aromatic heterocycles. The zero-order valence-corrected chi connectivity index (χ0v) is 8.83. The van der Waals surface area contributed by atoms with Gasteiger partial charge in [0, 0.05) is 18.7 Å². The molecule has 0 radical (unpaired) electrons. The third-order valence-corrected chi connectivity index (χ3v) is 1.76. The highest BCUT2D eigenvalue weighted by Crippen LogP contribution is 2.15. The Morgan fingerprint density at radius 1 is 1.64 bits per heavy atom. The number of aromatic nitrogens is 1. The molecule has 0 saturated heterocycles. The van der Waals surface area contributed by atoms with Gasteiger partial charge in [-0.15, -0.1) is 12.4 Å². The van der Waals surface area contributed by atoms with Gasteiger partial charge in [-0.3, -0.25) is 4.98 Å². The van der Waals surface area contributed by atoms with Crippen LogP contribution in [0.1, 0.15) is 5.69 Å². The number of ether oxygens (including phenoxy) is 1. The fourth-order valence-electron chi connectivity index (χ4n) is 1.08. The summed E-state index contributed by atoms with van der Waals surface area (Å²) in [4.78, 5) is 4.12. The predicted molar refractivity (Wildman–Crippen MR) is 56.8 cm³/mol. The molecular formula is C9H15ClN2O2. The maximum absolute atomic E-state index is 8.77. The molecule has 80 valence electrons. The van der Waals surface area contributed by atoms with E-state index in [4.69, 9.17) is 15.6 Å². The topological polar surface area (TPSA) is 68.4 Å². The molecule has 0 saturated carbocycles. The van der Waals surface area contributed by atoms with Crippen LogP contribution in [0.2, 0.25) is 0 Å². The number of nitrogens with two attached hydrogens (primary N) is 1. The Hall–Kier alpha value is -0.840. The van der Waals surface area contributed by atoms with Crippen molar-refractivity contribution in [2.24, 2.45) is 5.73 Å². The zero-order chi connectivity index (χ0) is 9.68. The van der Waals surface area contributed by atoms with Crippen molar-refractivity contribution in [2.45, 2.75) is 12.5 Å². The lowest BCUT2D eigenvalue weighted by Crippen LogP contribution is -2.27. The van der Waals surface area contributed by atoms with Crippen molar-refractivity contribution in [2.75, 3.05) is 13.7 Å². The lowest BCUT2D eigenvalue weighted by atomic mass is 10.1. The van der Waals surface area contributed by atoms with Crippen molar-refractivity contribution in [3.8, 4) is 5.75 Å². The van der Waals surface area contributed by atoms with Crippen LogP contribution in [-0.4, -0.2) is 29.8 Å². The Morgan fingerprint density at radius 2 is 2.36 bits per heavy atom. The number of aliphatic hydroxyl groups is 1. The normalized spacial score (nSPS) is 11.6. The van der Waals surface area contributed by atoms with Crippen LogP contribution in [-0.2, 0) is 6.42 Å². The Bertz CT molecular complexity index is 271. The standard InChI is InChI=1S/C9H14N2O2.ClH/c1-13-9-3-2-4-11-8(9)5-7(10)6-12;/h2-4,7,12H,5-6,10H2,1H3;1H/t7-;/m1./s1. The van der Waals surface area contributed by atoms with Gasteiger partial charge in [0.2, 0.25) is 0 Å². The van der Waals surface area contributed by atoms with Crippen molar-refractivity contribution >= 4 is 12.4 Å². The zero-order valence-electron chi connectivity index (χ0n) is 8.01. The van der Waals surface area contributed by atoms with Crippen LogP contribution >= 0.6 is 12.4 Å². The van der Waals surface area contributed by atoms with E-state index < -0.39 is 0 Å². The largest absolute Gasteiger partial charge is 0.495 e. The van der Waals surface area contributed by atoms with Crippen molar-refractivity contribution in [1.29, 1.82) is 0 Å². The van der Waals surface area contributed by atoms with E-state index in [0.29, 0.717) is 12.2 Å². The van der Waals surface area contributed by atoms with E-state index >= 15 is 0 Å². The molecule has 0 aliphatic rings. The summed E-state index contributed by atoms with van der Waals surface area (Å²) in [7, 11) is 1.59. The highest BCUT2D eigenvalue weighted by Gasteiger charge is 2.07. The molecule has 0 aliphatic carbocycles. The van der Waals surface area contributed by atoms with E-state index in [1.54, 1.807) is 19.4 Å². The lowest BCUT2D eigenvalue weighted by Gasteiger charge is -2.10. The molecule has 0 spiro atoms. The Morgan fingerprint density at radius 3 is 2.93 bits per heavy atom. The Balaban J connectivity index is 0.00000169. The second-order valence-corrected chi connectivity index (χ2v) is 2.80. The molecule has 14 heavy (non-hydrogen) atoms. The summed E-state index contributed by atoms with van der Waals surface area (Å²) >= 11 is 0. The maximum Gasteiger partial charge on any atom is 0.140 e. The van der Waals surface area contributed by atoms with Crippen LogP contribution in [0.3, 0.4) is 0 Å². The van der Waals surface area contributed by atoms with Crippen LogP contribution in [0.5, 0.6) is 5.75 Å². The highest BCUT2D eigenvalue weighted by atomic mass is 35.5. The van der Waals surface area contributed by atoms with E-state index in [-0.39, 0.29) is 25.1 Å². The van der Waals surface area contributed by atoms with Crippen molar-refractivity contribution < 1.29 is 9.84 Å². The minimum absolute atomic E-state index is 0. The fraction of sp³-hybridized carbons (Fsp3) is 0.444. The molecule has 0 aromatic carbocycles. The van der Waals surface area contributed by atoms with Gasteiger partial charge in [-0.1, -0.05) is 0 Å². The molecule has 1 heterocycles. The van der Waals surface area contributed by atoms with Crippen molar-refractivity contribution in [3.05, 3.63) is 24.0 Å². The van der Waals surface area contributed by atoms with Crippen LogP contribution in [0.4, 0.5) is 0 Å². The summed E-state index contributed by atoms with van der Waals surface area (Å²) < 4.78 is 5.09. The van der Waals surface area contributed by atoms with Gasteiger partial charge in [0.25, 0.3) is 0 Å². The monoisotopic (exact) mass is 218 g/mol. The first-order valence-electron chi connectivity index (χ1n) is 4.12. The van der Waals surface area contributed by atoms with E-state index in [1.807, 2.05) is 6.07 Å². The number of hydrogen-bond acceptors (Lipinski definition) is 4. The highest BCUT2D eigenvalue weighted by molar-refractivity contribution is 5.85. The number of pyridine rings is 1. The minimum Gasteiger partial charge on any atom is -0.495 e. The molecule has 0 aliphatic heterocycles. The molecule has 3 N–H and O–H groups in total. The maximum atomic E-state index is 8.77. The van der Waals surface area contributed by atoms with Gasteiger partial charge < -0.3 is 15.6 Å². The first kappa shape index (κ1) is 13.2. The summed E-state index contributed by atoms with van der Waals surface area (Å²) in [6.07, 6.45) is 2.21. The molecule has 1 rings (SSSR count). The molecule has 1 atom stereocenters. The number of rotatable bonds is 4. The van der Waals surface area contributed by atoms with Crippen LogP contribution in [0.15, 0.2) is 18.3 Å². The van der Waals surface area contributed by atoms with Gasteiger partial charge in [-0.2, -0.15) is 0 Å². The van der Waals surface area contributed by atoms with Gasteiger partial charge in [0.15, 0.2) is 0 Å². The SMILES string of the molecule is COc1cccnc1C[C@@H](N)CO.Cl. The number of methoxy groups -OCH3 is 1. The molecule has 0 fully saturated rings. The molecular weight excluding hydrogens is 204 g/mol. The second-order valence-electron chi connectivity index (χ2n) is 2.80. The van der Waals surface area contributed by atoms with Crippen molar-refractivity contribution in [1.82, 2.24) is 4.98 Å². The summed E-state index contributed by atoms with van der Waals surface area (Å²) in [5, 5.41) is 8.77. The van der Waals surface area contributed by atoms with E-state index in [9.17, 15) is 0 Å². The van der Waals surface area contributed by atoms with Crippen LogP contribution in [0, 0.1) is 0 Å². The lowest BCUT2D eigenvalue weighted by molar-refractivity contribution is 0.263. The van der Waals surface area contributed by atoms with E-state index in [2.05, 4.69) is 4.98 Å². The predicted octanol–water partition coefficient (Wildman–Crippen LogP) is 0.374. The molecule has 0 bridgehead atoms. The van der Waals surface area contributed by atoms with Gasteiger partial charge in [-0.05, 0) is 12.1 Å².